The molecule has 0 saturated heterocycles. The van der Waals surface area contributed by atoms with Crippen LogP contribution >= 0.6 is 11.3 Å². The monoisotopic (exact) mass is 541 g/mol. The summed E-state index contributed by atoms with van der Waals surface area (Å²) in [5.74, 6) is -3.55. The molecule has 0 N–H and O–H groups in total. The fourth-order valence-corrected chi connectivity index (χ4v) is 6.41. The van der Waals surface area contributed by atoms with Crippen LogP contribution in [0.5, 0.6) is 0 Å². The second-order valence-electron chi connectivity index (χ2n) is 8.50. The number of aromatic nitrogens is 1. The summed E-state index contributed by atoms with van der Waals surface area (Å²) >= 11 is 1.15. The fourth-order valence-electron chi connectivity index (χ4n) is 4.24. The van der Waals surface area contributed by atoms with Gasteiger partial charge in [0.05, 0.1) is 22.4 Å². The number of sulfone groups is 1. The summed E-state index contributed by atoms with van der Waals surface area (Å²) in [5.41, 5.74) is 2.78. The number of fused-ring (bicyclic) bond motifs is 2. The third-order valence-electron chi connectivity index (χ3n) is 5.82. The standard InChI is InChI=1S/C26H27N3O6S2/c1-3-13-29-21-12-11-19(25(32)35-4-2)15-22(21)36-26(29)27-23(30)16-37(33,34)17-24(31)28-14-7-9-18-8-5-6-10-20(18)28/h3,5-6,8,10-12,15H,1,4,7,9,13-14,16-17H2,2H3. The maximum Gasteiger partial charge on any atom is 0.338 e. The van der Waals surface area contributed by atoms with Crippen LogP contribution in [-0.2, 0) is 37.1 Å². The van der Waals surface area contributed by atoms with Gasteiger partial charge in [0, 0.05) is 18.8 Å². The van der Waals surface area contributed by atoms with Gasteiger partial charge < -0.3 is 14.2 Å². The zero-order valence-electron chi connectivity index (χ0n) is 20.4. The second kappa shape index (κ2) is 11.2. The first-order valence-corrected chi connectivity index (χ1v) is 14.4. The van der Waals surface area contributed by atoms with Crippen molar-refractivity contribution in [3.63, 3.8) is 0 Å². The smallest absolute Gasteiger partial charge is 0.338 e. The average Bonchev–Trinajstić information content (AvgIpc) is 3.19. The van der Waals surface area contributed by atoms with Gasteiger partial charge in [-0.15, -0.1) is 6.58 Å². The molecule has 2 heterocycles. The molecule has 0 spiro atoms. The number of nitrogens with zero attached hydrogens (tertiary/aromatic N) is 3. The number of para-hydroxylation sites is 1. The van der Waals surface area contributed by atoms with Gasteiger partial charge in [0.25, 0.3) is 5.91 Å². The van der Waals surface area contributed by atoms with Crippen LogP contribution in [0.1, 0.15) is 29.3 Å². The number of carbonyl (C=O) groups excluding carboxylic acids is 3. The van der Waals surface area contributed by atoms with Gasteiger partial charge in [0.15, 0.2) is 14.6 Å². The molecule has 9 nitrogen and oxygen atoms in total. The van der Waals surface area contributed by atoms with E-state index in [2.05, 4.69) is 11.6 Å². The number of hydrogen-bond donors (Lipinski definition) is 0. The Morgan fingerprint density at radius 1 is 1.16 bits per heavy atom. The van der Waals surface area contributed by atoms with Crippen LogP contribution in [0.2, 0.25) is 0 Å². The molecule has 194 valence electrons. The first-order valence-electron chi connectivity index (χ1n) is 11.8. The summed E-state index contributed by atoms with van der Waals surface area (Å²) in [5, 5.41) is 0. The highest BCUT2D eigenvalue weighted by molar-refractivity contribution is 7.92. The average molecular weight is 542 g/mol. The predicted octanol–water partition coefficient (Wildman–Crippen LogP) is 2.89. The summed E-state index contributed by atoms with van der Waals surface area (Å²) in [6.07, 6.45) is 3.19. The molecule has 0 unspecified atom stereocenters. The van der Waals surface area contributed by atoms with Gasteiger partial charge in [-0.1, -0.05) is 35.6 Å². The van der Waals surface area contributed by atoms with Crippen molar-refractivity contribution in [3.8, 4) is 0 Å². The zero-order valence-corrected chi connectivity index (χ0v) is 22.0. The van der Waals surface area contributed by atoms with E-state index in [1.807, 2.05) is 12.1 Å². The zero-order chi connectivity index (χ0) is 26.6. The topological polar surface area (TPSA) is 115 Å². The van der Waals surface area contributed by atoms with Crippen molar-refractivity contribution in [1.29, 1.82) is 0 Å². The van der Waals surface area contributed by atoms with E-state index in [-0.39, 0.29) is 11.4 Å². The van der Waals surface area contributed by atoms with Crippen LogP contribution in [0.3, 0.4) is 0 Å². The minimum Gasteiger partial charge on any atom is -0.462 e. The Kier molecular flexibility index (Phi) is 8.03. The Morgan fingerprint density at radius 2 is 1.95 bits per heavy atom. The minimum absolute atomic E-state index is 0.244. The molecule has 0 fully saturated rings. The van der Waals surface area contributed by atoms with Crippen molar-refractivity contribution < 1.29 is 27.5 Å². The number of benzene rings is 2. The lowest BCUT2D eigenvalue weighted by Gasteiger charge is -2.29. The number of anilines is 1. The molecule has 0 aliphatic carbocycles. The first-order chi connectivity index (χ1) is 17.7. The predicted molar refractivity (Wildman–Crippen MR) is 142 cm³/mol. The van der Waals surface area contributed by atoms with E-state index in [1.54, 1.807) is 47.9 Å². The van der Waals surface area contributed by atoms with Gasteiger partial charge in [0.2, 0.25) is 5.91 Å². The number of ether oxygens (including phenoxy) is 1. The number of carbonyl (C=O) groups is 3. The lowest BCUT2D eigenvalue weighted by atomic mass is 10.0. The normalized spacial score (nSPS) is 13.9. The highest BCUT2D eigenvalue weighted by Gasteiger charge is 2.28. The molecule has 4 rings (SSSR count). The molecular weight excluding hydrogens is 514 g/mol. The second-order valence-corrected chi connectivity index (χ2v) is 11.6. The van der Waals surface area contributed by atoms with Gasteiger partial charge >= 0.3 is 5.97 Å². The Hall–Kier alpha value is -3.57. The van der Waals surface area contributed by atoms with Crippen LogP contribution < -0.4 is 9.70 Å². The maximum absolute atomic E-state index is 12.9. The molecule has 11 heteroatoms. The van der Waals surface area contributed by atoms with Crippen molar-refractivity contribution in [2.24, 2.45) is 4.99 Å². The molecule has 2 aromatic carbocycles. The van der Waals surface area contributed by atoms with Crippen LogP contribution in [0.25, 0.3) is 10.2 Å². The summed E-state index contributed by atoms with van der Waals surface area (Å²) in [6.45, 7) is 6.45. The van der Waals surface area contributed by atoms with Crippen molar-refractivity contribution in [2.45, 2.75) is 26.3 Å². The van der Waals surface area contributed by atoms with Gasteiger partial charge in [-0.25, -0.2) is 13.2 Å². The Morgan fingerprint density at radius 3 is 2.70 bits per heavy atom. The van der Waals surface area contributed by atoms with E-state index >= 15 is 0 Å². The molecule has 2 amide bonds. The number of esters is 1. The molecule has 0 radical (unpaired) electrons. The molecular formula is C26H27N3O6S2. The molecule has 1 aliphatic rings. The van der Waals surface area contributed by atoms with Crippen LogP contribution in [0.15, 0.2) is 60.1 Å². The summed E-state index contributed by atoms with van der Waals surface area (Å²) in [6, 6.07) is 12.4. The Labute approximate surface area is 218 Å². The van der Waals surface area contributed by atoms with E-state index in [9.17, 15) is 22.8 Å². The number of amides is 2. The van der Waals surface area contributed by atoms with E-state index in [4.69, 9.17) is 4.74 Å². The highest BCUT2D eigenvalue weighted by Crippen LogP contribution is 2.27. The van der Waals surface area contributed by atoms with Gasteiger partial charge in [0.1, 0.15) is 11.5 Å². The molecule has 37 heavy (non-hydrogen) atoms. The van der Waals surface area contributed by atoms with Crippen molar-refractivity contribution in [1.82, 2.24) is 4.57 Å². The largest absolute Gasteiger partial charge is 0.462 e. The SMILES string of the molecule is C=CCn1c(=NC(=O)CS(=O)(=O)CC(=O)N2CCCc3ccccc32)sc2cc(C(=O)OCC)ccc21. The number of hydrogen-bond acceptors (Lipinski definition) is 7. The Bertz CT molecular complexity index is 1550. The number of allylic oxidation sites excluding steroid dienone is 1. The third-order valence-corrected chi connectivity index (χ3v) is 8.24. The molecule has 1 aromatic heterocycles. The van der Waals surface area contributed by atoms with Gasteiger partial charge in [-0.05, 0) is 49.6 Å². The Balaban J connectivity index is 1.55. The van der Waals surface area contributed by atoms with Crippen molar-refractivity contribution in [2.75, 3.05) is 29.6 Å². The van der Waals surface area contributed by atoms with E-state index < -0.39 is 39.1 Å². The van der Waals surface area contributed by atoms with Crippen LogP contribution in [0.4, 0.5) is 5.69 Å². The van der Waals surface area contributed by atoms with E-state index in [0.717, 1.165) is 29.7 Å². The third kappa shape index (κ3) is 6.05. The molecule has 0 saturated carbocycles. The summed E-state index contributed by atoms with van der Waals surface area (Å²) in [4.78, 5) is 43.4. The maximum atomic E-state index is 12.9. The van der Waals surface area contributed by atoms with Crippen LogP contribution in [0, 0.1) is 0 Å². The fraction of sp³-hybridized carbons (Fsp3) is 0.308. The van der Waals surface area contributed by atoms with Crippen LogP contribution in [-0.4, -0.2) is 55.4 Å². The lowest BCUT2D eigenvalue weighted by Crippen LogP contribution is -2.40. The summed E-state index contributed by atoms with van der Waals surface area (Å²) in [7, 11) is -4.05. The minimum atomic E-state index is -4.05. The lowest BCUT2D eigenvalue weighted by molar-refractivity contribution is -0.116. The number of rotatable bonds is 8. The van der Waals surface area contributed by atoms with E-state index in [0.29, 0.717) is 34.6 Å². The van der Waals surface area contributed by atoms with Crippen molar-refractivity contribution >= 4 is 54.9 Å². The first kappa shape index (κ1) is 26.5. The van der Waals surface area contributed by atoms with Gasteiger partial charge in [-0.2, -0.15) is 4.99 Å². The number of thiazole rings is 1. The molecule has 0 atom stereocenters. The quantitative estimate of drug-likeness (QED) is 0.320. The van der Waals surface area contributed by atoms with Crippen molar-refractivity contribution in [3.05, 3.63) is 71.0 Å². The molecule has 1 aliphatic heterocycles. The molecule has 3 aromatic rings. The highest BCUT2D eigenvalue weighted by atomic mass is 32.2. The summed E-state index contributed by atoms with van der Waals surface area (Å²) < 4.78 is 33.0. The van der Waals surface area contributed by atoms with E-state index in [1.165, 1.54) is 4.90 Å². The molecule has 0 bridgehead atoms. The van der Waals surface area contributed by atoms with Gasteiger partial charge in [-0.3, -0.25) is 9.59 Å². The number of aryl methyl sites for hydroxylation is 1.